The van der Waals surface area contributed by atoms with Gasteiger partial charge in [0.05, 0.1) is 19.3 Å². The molecule has 6 nitrogen and oxygen atoms in total. The number of halogens is 2. The molecular formula is C25H21ClFN3O3S. The van der Waals surface area contributed by atoms with Gasteiger partial charge in [-0.1, -0.05) is 35.9 Å². The first kappa shape index (κ1) is 22.6. The number of hydrogen-bond acceptors (Lipinski definition) is 4. The van der Waals surface area contributed by atoms with E-state index in [9.17, 15) is 14.0 Å². The maximum absolute atomic E-state index is 14.1. The van der Waals surface area contributed by atoms with Gasteiger partial charge in [-0.2, -0.15) is 0 Å². The van der Waals surface area contributed by atoms with E-state index in [4.69, 9.17) is 16.3 Å². The summed E-state index contributed by atoms with van der Waals surface area (Å²) in [5, 5.41) is 3.30. The Balaban J connectivity index is 1.56. The average Bonchev–Trinajstić information content (AvgIpc) is 3.37. The minimum absolute atomic E-state index is 0.229. The van der Waals surface area contributed by atoms with Crippen molar-refractivity contribution in [3.63, 3.8) is 0 Å². The third-order valence-corrected chi connectivity index (χ3v) is 7.80. The van der Waals surface area contributed by atoms with E-state index >= 15 is 0 Å². The predicted octanol–water partition coefficient (Wildman–Crippen LogP) is 5.47. The van der Waals surface area contributed by atoms with Gasteiger partial charge in [-0.05, 0) is 48.0 Å². The minimum atomic E-state index is -1.26. The predicted molar refractivity (Wildman–Crippen MR) is 132 cm³/mol. The zero-order chi connectivity index (χ0) is 23.9. The number of hydrogen-bond donors (Lipinski definition) is 1. The second-order valence-electron chi connectivity index (χ2n) is 7.95. The topological polar surface area (TPSA) is 61.9 Å². The molecule has 34 heavy (non-hydrogen) atoms. The Morgan fingerprint density at radius 3 is 2.76 bits per heavy atom. The number of carbonyl (C=O) groups is 2. The molecule has 1 fully saturated rings. The molecule has 2 aliphatic rings. The zero-order valence-corrected chi connectivity index (χ0v) is 19.8. The average molecular weight is 498 g/mol. The van der Waals surface area contributed by atoms with Crippen LogP contribution in [0.5, 0.6) is 5.75 Å². The van der Waals surface area contributed by atoms with Crippen LogP contribution in [0.15, 0.2) is 66.7 Å². The van der Waals surface area contributed by atoms with E-state index in [1.807, 2.05) is 24.3 Å². The van der Waals surface area contributed by atoms with Crippen molar-refractivity contribution in [2.24, 2.45) is 0 Å². The lowest BCUT2D eigenvalue weighted by molar-refractivity contribution is -0.123. The van der Waals surface area contributed by atoms with Crippen LogP contribution in [0.25, 0.3) is 0 Å². The molecular weight excluding hydrogens is 477 g/mol. The van der Waals surface area contributed by atoms with Crippen LogP contribution in [0.1, 0.15) is 11.1 Å². The van der Waals surface area contributed by atoms with Crippen molar-refractivity contribution in [3.8, 4) is 5.75 Å². The summed E-state index contributed by atoms with van der Waals surface area (Å²) in [6.07, 6.45) is 0. The van der Waals surface area contributed by atoms with Crippen LogP contribution >= 0.6 is 23.4 Å². The molecule has 1 spiro atoms. The first-order valence-electron chi connectivity index (χ1n) is 10.7. The number of methoxy groups -OCH3 is 1. The molecule has 0 radical (unpaired) electrons. The number of nitrogens with zero attached hydrogens (tertiary/aromatic N) is 2. The lowest BCUT2D eigenvalue weighted by Gasteiger charge is -2.33. The van der Waals surface area contributed by atoms with Gasteiger partial charge < -0.3 is 15.0 Å². The van der Waals surface area contributed by atoms with Crippen molar-refractivity contribution >= 4 is 46.7 Å². The number of ether oxygens (including phenoxy) is 1. The third-order valence-electron chi connectivity index (χ3n) is 6.01. The van der Waals surface area contributed by atoms with Crippen molar-refractivity contribution in [2.45, 2.75) is 11.4 Å². The van der Waals surface area contributed by atoms with Gasteiger partial charge in [0.15, 0.2) is 4.87 Å². The van der Waals surface area contributed by atoms with Crippen LogP contribution in [-0.2, 0) is 16.2 Å². The monoisotopic (exact) mass is 497 g/mol. The Morgan fingerprint density at radius 1 is 1.18 bits per heavy atom. The highest BCUT2D eigenvalue weighted by atomic mass is 35.5. The van der Waals surface area contributed by atoms with E-state index in [1.165, 1.54) is 34.9 Å². The normalized spacial score (nSPS) is 19.0. The molecule has 3 amide bonds. The molecule has 174 valence electrons. The quantitative estimate of drug-likeness (QED) is 0.519. The minimum Gasteiger partial charge on any atom is -0.497 e. The molecule has 1 N–H and O–H groups in total. The summed E-state index contributed by atoms with van der Waals surface area (Å²) < 4.78 is 19.1. The van der Waals surface area contributed by atoms with Crippen molar-refractivity contribution in [2.75, 3.05) is 29.6 Å². The summed E-state index contributed by atoms with van der Waals surface area (Å²) in [6, 6.07) is 18.0. The van der Waals surface area contributed by atoms with Crippen molar-refractivity contribution < 1.29 is 18.7 Å². The Labute approximate surface area is 205 Å². The summed E-state index contributed by atoms with van der Waals surface area (Å²) in [7, 11) is 1.56. The number of carbonyl (C=O) groups excluding carboxylic acids is 2. The van der Waals surface area contributed by atoms with Gasteiger partial charge in [-0.15, -0.1) is 11.8 Å². The van der Waals surface area contributed by atoms with E-state index < -0.39 is 16.7 Å². The summed E-state index contributed by atoms with van der Waals surface area (Å²) in [4.78, 5) is 29.4. The lowest BCUT2D eigenvalue weighted by atomic mass is 10.1. The third kappa shape index (κ3) is 3.67. The van der Waals surface area contributed by atoms with Crippen molar-refractivity contribution in [3.05, 3.63) is 88.7 Å². The highest BCUT2D eigenvalue weighted by Crippen LogP contribution is 2.55. The summed E-state index contributed by atoms with van der Waals surface area (Å²) in [5.41, 5.74) is 2.50. The second-order valence-corrected chi connectivity index (χ2v) is 9.65. The van der Waals surface area contributed by atoms with E-state index in [-0.39, 0.29) is 12.5 Å². The number of urea groups is 1. The molecule has 5 rings (SSSR count). The van der Waals surface area contributed by atoms with Crippen LogP contribution in [-0.4, -0.2) is 36.2 Å². The smallest absolute Gasteiger partial charge is 0.323 e. The number of thioether (sulfide) groups is 1. The van der Waals surface area contributed by atoms with Gasteiger partial charge in [-0.3, -0.25) is 9.69 Å². The van der Waals surface area contributed by atoms with Crippen LogP contribution in [0.4, 0.5) is 20.6 Å². The Morgan fingerprint density at radius 2 is 2.00 bits per heavy atom. The standard InChI is InChI=1S/C25H21ClFN3O3S/c1-33-19-9-10-22-20(14-19)25(23(31)29(22)15-16-5-2-3-8-21(16)26)30(11-12-34-25)24(32)28-18-7-4-6-17(27)13-18/h2-10,13-14H,11-12,15H2,1H3,(H,28,32)/t25-/m0/s1. The van der Waals surface area contributed by atoms with Gasteiger partial charge in [0.2, 0.25) is 0 Å². The molecule has 0 saturated carbocycles. The van der Waals surface area contributed by atoms with E-state index in [1.54, 1.807) is 36.3 Å². The molecule has 0 bridgehead atoms. The van der Waals surface area contributed by atoms with E-state index in [0.29, 0.717) is 40.0 Å². The molecule has 2 heterocycles. The maximum Gasteiger partial charge on any atom is 0.323 e. The van der Waals surface area contributed by atoms with Crippen molar-refractivity contribution in [1.29, 1.82) is 0 Å². The first-order chi connectivity index (χ1) is 16.4. The molecule has 3 aromatic carbocycles. The molecule has 3 aromatic rings. The maximum atomic E-state index is 14.1. The number of fused-ring (bicyclic) bond motifs is 2. The largest absolute Gasteiger partial charge is 0.497 e. The molecule has 0 aromatic heterocycles. The number of amides is 3. The number of anilines is 2. The summed E-state index contributed by atoms with van der Waals surface area (Å²) in [5.74, 6) is 0.469. The fourth-order valence-corrected chi connectivity index (χ4v) is 6.08. The van der Waals surface area contributed by atoms with E-state index in [2.05, 4.69) is 5.32 Å². The van der Waals surface area contributed by atoms with Crippen molar-refractivity contribution in [1.82, 2.24) is 4.90 Å². The Hall–Kier alpha value is -3.23. The van der Waals surface area contributed by atoms with Gasteiger partial charge >= 0.3 is 6.03 Å². The fourth-order valence-electron chi connectivity index (χ4n) is 4.43. The Bertz CT molecular complexity index is 1290. The molecule has 2 aliphatic heterocycles. The van der Waals surface area contributed by atoms with E-state index in [0.717, 1.165) is 5.56 Å². The van der Waals surface area contributed by atoms with Gasteiger partial charge in [0, 0.05) is 28.6 Å². The molecule has 9 heteroatoms. The zero-order valence-electron chi connectivity index (χ0n) is 18.3. The Kier molecular flexibility index (Phi) is 5.87. The first-order valence-corrected chi connectivity index (χ1v) is 12.0. The van der Waals surface area contributed by atoms with Crippen LogP contribution < -0.4 is 15.0 Å². The number of nitrogens with one attached hydrogen (secondary N) is 1. The number of benzene rings is 3. The van der Waals surface area contributed by atoms with Crippen LogP contribution in [0.2, 0.25) is 5.02 Å². The van der Waals surface area contributed by atoms with Gasteiger partial charge in [0.25, 0.3) is 5.91 Å². The molecule has 1 saturated heterocycles. The van der Waals surface area contributed by atoms with Crippen LogP contribution in [0.3, 0.4) is 0 Å². The molecule has 0 unspecified atom stereocenters. The SMILES string of the molecule is COc1ccc2c(c1)[C@]1(SCCN1C(=O)Nc1cccc(F)c1)C(=O)N2Cc1ccccc1Cl. The number of rotatable bonds is 4. The van der Waals surface area contributed by atoms with Gasteiger partial charge in [0.1, 0.15) is 11.6 Å². The highest BCUT2D eigenvalue weighted by Gasteiger charge is 2.59. The highest BCUT2D eigenvalue weighted by molar-refractivity contribution is 8.01. The summed E-state index contributed by atoms with van der Waals surface area (Å²) >= 11 is 7.79. The summed E-state index contributed by atoms with van der Waals surface area (Å²) in [6.45, 7) is 0.619. The lowest BCUT2D eigenvalue weighted by Crippen LogP contribution is -2.51. The van der Waals surface area contributed by atoms with Crippen LogP contribution in [0, 0.1) is 5.82 Å². The molecule has 1 atom stereocenters. The fraction of sp³-hybridized carbons (Fsp3) is 0.200. The molecule has 0 aliphatic carbocycles. The van der Waals surface area contributed by atoms with Gasteiger partial charge in [-0.25, -0.2) is 9.18 Å². The second kappa shape index (κ2) is 8.85.